The summed E-state index contributed by atoms with van der Waals surface area (Å²) in [5, 5.41) is 3.47. The second-order valence-electron chi connectivity index (χ2n) is 6.24. The van der Waals surface area contributed by atoms with Gasteiger partial charge >= 0.3 is 6.09 Å². The first-order valence-corrected chi connectivity index (χ1v) is 7.94. The third-order valence-corrected chi connectivity index (χ3v) is 3.80. The number of nitrogens with zero attached hydrogens (tertiary/aromatic N) is 1. The van der Waals surface area contributed by atoms with Gasteiger partial charge in [-0.3, -0.25) is 0 Å². The highest BCUT2D eigenvalue weighted by molar-refractivity contribution is 5.67. The molecule has 122 valence electrons. The van der Waals surface area contributed by atoms with Crippen LogP contribution >= 0.6 is 0 Å². The largest absolute Gasteiger partial charge is 0.449 e. The number of nitrogens with one attached hydrogen (secondary N) is 1. The Bertz CT molecular complexity index is 468. The second kappa shape index (κ2) is 8.13. The number of piperidine rings is 1. The minimum atomic E-state index is -0.211. The molecule has 0 radical (unpaired) electrons. The van der Waals surface area contributed by atoms with Crippen molar-refractivity contribution in [2.75, 3.05) is 19.7 Å². The van der Waals surface area contributed by atoms with E-state index in [1.165, 1.54) is 12.1 Å². The minimum absolute atomic E-state index is 0.203. The Morgan fingerprint density at radius 3 is 2.55 bits per heavy atom. The average Bonchev–Trinajstić information content (AvgIpc) is 2.52. The molecule has 1 amide bonds. The summed E-state index contributed by atoms with van der Waals surface area (Å²) >= 11 is 0. The summed E-state index contributed by atoms with van der Waals surface area (Å²) < 4.78 is 18.1. The highest BCUT2D eigenvalue weighted by atomic mass is 19.1. The summed E-state index contributed by atoms with van der Waals surface area (Å²) in [5.41, 5.74) is 1.07. The Balaban J connectivity index is 1.68. The predicted octanol–water partition coefficient (Wildman–Crippen LogP) is 3.17. The van der Waals surface area contributed by atoms with Crippen LogP contribution in [0.1, 0.15) is 32.3 Å². The van der Waals surface area contributed by atoms with Crippen molar-refractivity contribution < 1.29 is 13.9 Å². The molecule has 0 saturated carbocycles. The molecule has 0 aliphatic carbocycles. The van der Waals surface area contributed by atoms with Crippen LogP contribution in [0.2, 0.25) is 0 Å². The highest BCUT2D eigenvalue weighted by Crippen LogP contribution is 2.13. The van der Waals surface area contributed by atoms with Crippen LogP contribution in [0.4, 0.5) is 9.18 Å². The Hall–Kier alpha value is -1.62. The predicted molar refractivity (Wildman–Crippen MR) is 84.0 cm³/mol. The molecule has 1 aliphatic heterocycles. The van der Waals surface area contributed by atoms with Gasteiger partial charge in [0.1, 0.15) is 5.82 Å². The Kier molecular flexibility index (Phi) is 6.19. The van der Waals surface area contributed by atoms with E-state index in [9.17, 15) is 9.18 Å². The lowest BCUT2D eigenvalue weighted by Gasteiger charge is -2.32. The molecule has 22 heavy (non-hydrogen) atoms. The standard InChI is InChI=1S/C17H25FN2O2/c1-13(2)12-22-17(21)20-9-7-16(8-10-20)19-11-14-3-5-15(18)6-4-14/h3-6,13,16,19H,7-12H2,1-2H3. The van der Waals surface area contributed by atoms with Crippen LogP contribution in [0.25, 0.3) is 0 Å². The Labute approximate surface area is 131 Å². The molecule has 1 N–H and O–H groups in total. The van der Waals surface area contributed by atoms with Crippen LogP contribution in [-0.2, 0) is 11.3 Å². The van der Waals surface area contributed by atoms with Crippen LogP contribution in [0.15, 0.2) is 24.3 Å². The molecular formula is C17H25FN2O2. The van der Waals surface area contributed by atoms with Crippen molar-refractivity contribution in [1.82, 2.24) is 10.2 Å². The maximum atomic E-state index is 12.8. The molecule has 0 aromatic heterocycles. The van der Waals surface area contributed by atoms with Crippen LogP contribution < -0.4 is 5.32 Å². The van der Waals surface area contributed by atoms with Crippen molar-refractivity contribution in [2.45, 2.75) is 39.3 Å². The number of rotatable bonds is 5. The molecule has 1 aliphatic rings. The number of amides is 1. The molecule has 4 nitrogen and oxygen atoms in total. The van der Waals surface area contributed by atoms with Gasteiger partial charge in [0, 0.05) is 25.7 Å². The van der Waals surface area contributed by atoms with Gasteiger partial charge in [0.15, 0.2) is 0 Å². The molecule has 1 aromatic rings. The molecule has 1 saturated heterocycles. The number of carbonyl (C=O) groups is 1. The van der Waals surface area contributed by atoms with Crippen molar-refractivity contribution in [3.8, 4) is 0 Å². The molecule has 5 heteroatoms. The third kappa shape index (κ3) is 5.30. The maximum Gasteiger partial charge on any atom is 0.409 e. The molecule has 2 rings (SSSR count). The molecular weight excluding hydrogens is 283 g/mol. The summed E-state index contributed by atoms with van der Waals surface area (Å²) in [5.74, 6) is 0.149. The fourth-order valence-electron chi connectivity index (χ4n) is 2.46. The van der Waals surface area contributed by atoms with E-state index >= 15 is 0 Å². The highest BCUT2D eigenvalue weighted by Gasteiger charge is 2.23. The number of ether oxygens (including phenoxy) is 1. The molecule has 1 fully saturated rings. The van der Waals surface area contributed by atoms with Crippen LogP contribution in [0, 0.1) is 11.7 Å². The van der Waals surface area contributed by atoms with Crippen LogP contribution in [0.5, 0.6) is 0 Å². The van der Waals surface area contributed by atoms with Gasteiger partial charge in [-0.1, -0.05) is 26.0 Å². The average molecular weight is 308 g/mol. The van der Waals surface area contributed by atoms with Gasteiger partial charge in [-0.05, 0) is 36.5 Å². The smallest absolute Gasteiger partial charge is 0.409 e. The number of benzene rings is 1. The van der Waals surface area contributed by atoms with E-state index in [1.54, 1.807) is 17.0 Å². The summed E-state index contributed by atoms with van der Waals surface area (Å²) in [7, 11) is 0. The summed E-state index contributed by atoms with van der Waals surface area (Å²) in [6.45, 7) is 6.69. The molecule has 1 heterocycles. The zero-order valence-electron chi connectivity index (χ0n) is 13.3. The van der Waals surface area contributed by atoms with E-state index < -0.39 is 0 Å². The van der Waals surface area contributed by atoms with E-state index in [4.69, 9.17) is 4.74 Å². The van der Waals surface area contributed by atoms with Gasteiger partial charge in [0.2, 0.25) is 0 Å². The molecule has 0 bridgehead atoms. The topological polar surface area (TPSA) is 41.6 Å². The first kappa shape index (κ1) is 16.7. The van der Waals surface area contributed by atoms with Gasteiger partial charge in [-0.15, -0.1) is 0 Å². The van der Waals surface area contributed by atoms with Gasteiger partial charge < -0.3 is 15.0 Å². The zero-order valence-corrected chi connectivity index (χ0v) is 13.3. The fraction of sp³-hybridized carbons (Fsp3) is 0.588. The quantitative estimate of drug-likeness (QED) is 0.908. The van der Waals surface area contributed by atoms with Gasteiger partial charge in [0.05, 0.1) is 6.61 Å². The summed E-state index contributed by atoms with van der Waals surface area (Å²) in [6, 6.07) is 6.93. The lowest BCUT2D eigenvalue weighted by atomic mass is 10.0. The van der Waals surface area contributed by atoms with E-state index in [0.717, 1.165) is 38.0 Å². The third-order valence-electron chi connectivity index (χ3n) is 3.80. The number of likely N-dealkylation sites (tertiary alicyclic amines) is 1. The molecule has 1 aromatic carbocycles. The van der Waals surface area contributed by atoms with Gasteiger partial charge in [-0.25, -0.2) is 9.18 Å². The minimum Gasteiger partial charge on any atom is -0.449 e. The van der Waals surface area contributed by atoms with E-state index in [2.05, 4.69) is 5.32 Å². The van der Waals surface area contributed by atoms with Gasteiger partial charge in [0.25, 0.3) is 0 Å². The Morgan fingerprint density at radius 1 is 1.32 bits per heavy atom. The van der Waals surface area contributed by atoms with Crippen molar-refractivity contribution >= 4 is 6.09 Å². The fourth-order valence-corrected chi connectivity index (χ4v) is 2.46. The number of carbonyl (C=O) groups excluding carboxylic acids is 1. The monoisotopic (exact) mass is 308 g/mol. The first-order chi connectivity index (χ1) is 10.5. The lowest BCUT2D eigenvalue weighted by Crippen LogP contribution is -2.45. The normalized spacial score (nSPS) is 16.1. The van der Waals surface area contributed by atoms with Crippen LogP contribution in [-0.4, -0.2) is 36.7 Å². The number of hydrogen-bond donors (Lipinski definition) is 1. The first-order valence-electron chi connectivity index (χ1n) is 7.94. The summed E-state index contributed by atoms with van der Waals surface area (Å²) in [4.78, 5) is 13.6. The van der Waals surface area contributed by atoms with Crippen molar-refractivity contribution in [3.05, 3.63) is 35.6 Å². The van der Waals surface area contributed by atoms with Crippen molar-refractivity contribution in [3.63, 3.8) is 0 Å². The Morgan fingerprint density at radius 2 is 1.95 bits per heavy atom. The van der Waals surface area contributed by atoms with E-state index in [-0.39, 0.29) is 11.9 Å². The number of hydrogen-bond acceptors (Lipinski definition) is 3. The molecule has 0 atom stereocenters. The second-order valence-corrected chi connectivity index (χ2v) is 6.24. The molecule has 0 unspecified atom stereocenters. The van der Waals surface area contributed by atoms with E-state index in [0.29, 0.717) is 18.6 Å². The maximum absolute atomic E-state index is 12.8. The van der Waals surface area contributed by atoms with Gasteiger partial charge in [-0.2, -0.15) is 0 Å². The number of halogens is 1. The van der Waals surface area contributed by atoms with Crippen LogP contribution in [0.3, 0.4) is 0 Å². The van der Waals surface area contributed by atoms with Crippen molar-refractivity contribution in [1.29, 1.82) is 0 Å². The molecule has 0 spiro atoms. The van der Waals surface area contributed by atoms with Crippen molar-refractivity contribution in [2.24, 2.45) is 5.92 Å². The van der Waals surface area contributed by atoms with E-state index in [1.807, 2.05) is 13.8 Å². The SMILES string of the molecule is CC(C)COC(=O)N1CCC(NCc2ccc(F)cc2)CC1. The lowest BCUT2D eigenvalue weighted by molar-refractivity contribution is 0.0817. The summed E-state index contributed by atoms with van der Waals surface area (Å²) in [6.07, 6.45) is 1.63. The zero-order chi connectivity index (χ0) is 15.9.